The van der Waals surface area contributed by atoms with Crippen molar-refractivity contribution in [3.05, 3.63) is 71.3 Å². The zero-order chi connectivity index (χ0) is 19.1. The lowest BCUT2D eigenvalue weighted by Crippen LogP contribution is -2.39. The lowest BCUT2D eigenvalue weighted by atomic mass is 9.99. The number of rotatable bonds is 5. The highest BCUT2D eigenvalue weighted by molar-refractivity contribution is 14.0. The molecule has 6 heteroatoms. The van der Waals surface area contributed by atoms with Crippen LogP contribution in [0.15, 0.2) is 59.6 Å². The number of aliphatic imine (C=N–C) groups is 1. The first-order chi connectivity index (χ1) is 13.2. The fourth-order valence-electron chi connectivity index (χ4n) is 3.50. The highest BCUT2D eigenvalue weighted by Crippen LogP contribution is 2.26. The number of nitrogens with one attached hydrogen (secondary N) is 2. The van der Waals surface area contributed by atoms with Crippen LogP contribution in [0, 0.1) is 0 Å². The largest absolute Gasteiger partial charge is 0.352 e. The third-order valence-electron chi connectivity index (χ3n) is 4.97. The standard InChI is InChI=1S/C22H28N4O.HI/c1-3-24-21(27)19-11-9-17(10-12-19)15-25-22(23-2)26-14-13-20(16-26)18-7-5-4-6-8-18;/h4-12,20H,3,13-16H2,1-2H3,(H,23,25)(H,24,27);1H. The molecular weight excluding hydrogens is 463 g/mol. The maximum atomic E-state index is 11.8. The average molecular weight is 492 g/mol. The van der Waals surface area contributed by atoms with Gasteiger partial charge in [0.1, 0.15) is 0 Å². The van der Waals surface area contributed by atoms with E-state index < -0.39 is 0 Å². The van der Waals surface area contributed by atoms with E-state index in [1.807, 2.05) is 38.2 Å². The molecule has 1 heterocycles. The summed E-state index contributed by atoms with van der Waals surface area (Å²) in [6.07, 6.45) is 1.14. The Kier molecular flexibility index (Phi) is 8.76. The first-order valence-electron chi connectivity index (χ1n) is 9.59. The minimum Gasteiger partial charge on any atom is -0.352 e. The summed E-state index contributed by atoms with van der Waals surface area (Å²) >= 11 is 0. The lowest BCUT2D eigenvalue weighted by Gasteiger charge is -2.22. The molecule has 3 rings (SSSR count). The molecule has 1 amide bonds. The number of carbonyl (C=O) groups excluding carboxylic acids is 1. The Hall–Kier alpha value is -2.09. The number of hydrogen-bond donors (Lipinski definition) is 2. The van der Waals surface area contributed by atoms with Gasteiger partial charge in [-0.15, -0.1) is 24.0 Å². The molecule has 0 saturated carbocycles. The van der Waals surface area contributed by atoms with Crippen LogP contribution in [0.3, 0.4) is 0 Å². The Morgan fingerprint density at radius 2 is 1.82 bits per heavy atom. The van der Waals surface area contributed by atoms with Crippen LogP contribution in [0.5, 0.6) is 0 Å². The molecule has 0 radical (unpaired) electrons. The topological polar surface area (TPSA) is 56.7 Å². The van der Waals surface area contributed by atoms with Gasteiger partial charge in [0.05, 0.1) is 0 Å². The quantitative estimate of drug-likeness (QED) is 0.381. The number of carbonyl (C=O) groups is 1. The molecule has 1 saturated heterocycles. The van der Waals surface area contributed by atoms with Crippen LogP contribution in [0.4, 0.5) is 0 Å². The average Bonchev–Trinajstić information content (AvgIpc) is 3.20. The van der Waals surface area contributed by atoms with Gasteiger partial charge in [0.2, 0.25) is 0 Å². The number of halogens is 1. The predicted molar refractivity (Wildman–Crippen MR) is 125 cm³/mol. The van der Waals surface area contributed by atoms with E-state index in [0.717, 1.165) is 31.0 Å². The molecule has 150 valence electrons. The van der Waals surface area contributed by atoms with Crippen molar-refractivity contribution in [1.29, 1.82) is 0 Å². The van der Waals surface area contributed by atoms with Gasteiger partial charge in [-0.1, -0.05) is 42.5 Å². The summed E-state index contributed by atoms with van der Waals surface area (Å²) in [6.45, 7) is 5.24. The zero-order valence-electron chi connectivity index (χ0n) is 16.5. The highest BCUT2D eigenvalue weighted by Gasteiger charge is 2.25. The predicted octanol–water partition coefficient (Wildman–Crippen LogP) is 3.62. The van der Waals surface area contributed by atoms with Crippen LogP contribution in [0.25, 0.3) is 0 Å². The maximum Gasteiger partial charge on any atom is 0.251 e. The Morgan fingerprint density at radius 3 is 2.46 bits per heavy atom. The lowest BCUT2D eigenvalue weighted by molar-refractivity contribution is 0.0956. The number of nitrogens with zero attached hydrogens (tertiary/aromatic N) is 2. The van der Waals surface area contributed by atoms with Gasteiger partial charge in [-0.25, -0.2) is 0 Å². The molecule has 28 heavy (non-hydrogen) atoms. The van der Waals surface area contributed by atoms with Crippen LogP contribution in [-0.2, 0) is 6.54 Å². The van der Waals surface area contributed by atoms with Gasteiger partial charge in [0.25, 0.3) is 5.91 Å². The highest BCUT2D eigenvalue weighted by atomic mass is 127. The van der Waals surface area contributed by atoms with Crippen LogP contribution in [-0.4, -0.2) is 43.4 Å². The normalized spacial score (nSPS) is 16.4. The van der Waals surface area contributed by atoms with Crippen molar-refractivity contribution < 1.29 is 4.79 Å². The summed E-state index contributed by atoms with van der Waals surface area (Å²) in [5.41, 5.74) is 3.22. The molecule has 1 aliphatic rings. The van der Waals surface area contributed by atoms with Crippen molar-refractivity contribution in [3.63, 3.8) is 0 Å². The summed E-state index contributed by atoms with van der Waals surface area (Å²) in [5.74, 6) is 1.46. The second-order valence-electron chi connectivity index (χ2n) is 6.80. The molecule has 1 unspecified atom stereocenters. The van der Waals surface area contributed by atoms with Crippen molar-refractivity contribution in [1.82, 2.24) is 15.5 Å². The van der Waals surface area contributed by atoms with Gasteiger partial charge >= 0.3 is 0 Å². The van der Waals surface area contributed by atoms with E-state index in [9.17, 15) is 4.79 Å². The van der Waals surface area contributed by atoms with Crippen LogP contribution in [0.1, 0.15) is 40.7 Å². The first-order valence-corrected chi connectivity index (χ1v) is 9.59. The third-order valence-corrected chi connectivity index (χ3v) is 4.97. The molecule has 1 atom stereocenters. The Balaban J connectivity index is 0.00000280. The van der Waals surface area contributed by atoms with E-state index in [4.69, 9.17) is 0 Å². The van der Waals surface area contributed by atoms with Crippen molar-refractivity contribution >= 4 is 35.8 Å². The maximum absolute atomic E-state index is 11.8. The minimum absolute atomic E-state index is 0. The van der Waals surface area contributed by atoms with Crippen LogP contribution in [0.2, 0.25) is 0 Å². The van der Waals surface area contributed by atoms with Gasteiger partial charge in [0.15, 0.2) is 5.96 Å². The number of benzene rings is 2. The van der Waals surface area contributed by atoms with Crippen molar-refractivity contribution in [2.45, 2.75) is 25.8 Å². The summed E-state index contributed by atoms with van der Waals surface area (Å²) in [5, 5.41) is 6.26. The summed E-state index contributed by atoms with van der Waals surface area (Å²) in [7, 11) is 1.83. The van der Waals surface area contributed by atoms with Gasteiger partial charge in [0, 0.05) is 44.7 Å². The SMILES string of the molecule is CCNC(=O)c1ccc(CNC(=NC)N2CCC(c3ccccc3)C2)cc1.I. The minimum atomic E-state index is -0.0307. The van der Waals surface area contributed by atoms with E-state index >= 15 is 0 Å². The van der Waals surface area contributed by atoms with Gasteiger partial charge in [-0.05, 0) is 36.6 Å². The van der Waals surface area contributed by atoms with Crippen LogP contribution < -0.4 is 10.6 Å². The molecule has 5 nitrogen and oxygen atoms in total. The molecule has 0 aromatic heterocycles. The van der Waals surface area contributed by atoms with E-state index in [2.05, 4.69) is 50.9 Å². The van der Waals surface area contributed by atoms with Crippen molar-refractivity contribution in [2.24, 2.45) is 4.99 Å². The molecule has 2 aromatic carbocycles. The van der Waals surface area contributed by atoms with E-state index in [0.29, 0.717) is 24.6 Å². The van der Waals surface area contributed by atoms with E-state index in [1.165, 1.54) is 5.56 Å². The second kappa shape index (κ2) is 11.0. The summed E-state index contributed by atoms with van der Waals surface area (Å²) < 4.78 is 0. The third kappa shape index (κ3) is 5.70. The molecule has 0 spiro atoms. The number of hydrogen-bond acceptors (Lipinski definition) is 2. The zero-order valence-corrected chi connectivity index (χ0v) is 18.9. The Labute approximate surface area is 184 Å². The summed E-state index contributed by atoms with van der Waals surface area (Å²) in [6, 6.07) is 18.4. The molecule has 2 aromatic rings. The monoisotopic (exact) mass is 492 g/mol. The molecule has 0 bridgehead atoms. The Bertz CT molecular complexity index is 777. The smallest absolute Gasteiger partial charge is 0.251 e. The van der Waals surface area contributed by atoms with Crippen molar-refractivity contribution in [3.8, 4) is 0 Å². The molecule has 1 fully saturated rings. The van der Waals surface area contributed by atoms with E-state index in [1.54, 1.807) is 0 Å². The first kappa shape index (κ1) is 22.2. The number of likely N-dealkylation sites (tertiary alicyclic amines) is 1. The van der Waals surface area contributed by atoms with Gasteiger partial charge in [-0.2, -0.15) is 0 Å². The van der Waals surface area contributed by atoms with Gasteiger partial charge in [-0.3, -0.25) is 9.79 Å². The van der Waals surface area contributed by atoms with Crippen molar-refractivity contribution in [2.75, 3.05) is 26.7 Å². The fraction of sp³-hybridized carbons (Fsp3) is 0.364. The number of guanidine groups is 1. The second-order valence-corrected chi connectivity index (χ2v) is 6.80. The van der Waals surface area contributed by atoms with E-state index in [-0.39, 0.29) is 29.9 Å². The fourth-order valence-corrected chi connectivity index (χ4v) is 3.50. The molecular formula is C22H29IN4O. The molecule has 1 aliphatic heterocycles. The molecule has 0 aliphatic carbocycles. The summed E-state index contributed by atoms with van der Waals surface area (Å²) in [4.78, 5) is 18.6. The Morgan fingerprint density at radius 1 is 1.11 bits per heavy atom. The number of amides is 1. The molecule has 2 N–H and O–H groups in total. The van der Waals surface area contributed by atoms with Crippen LogP contribution >= 0.6 is 24.0 Å². The van der Waals surface area contributed by atoms with Gasteiger partial charge < -0.3 is 15.5 Å².